The summed E-state index contributed by atoms with van der Waals surface area (Å²) in [4.78, 5) is 0. The van der Waals surface area contributed by atoms with Crippen molar-refractivity contribution in [2.24, 2.45) is 0 Å². The van der Waals surface area contributed by atoms with Crippen LogP contribution in [0.2, 0.25) is 15.1 Å². The Morgan fingerprint density at radius 2 is 1.62 bits per heavy atom. The molecule has 0 aliphatic carbocycles. The van der Waals surface area contributed by atoms with E-state index in [0.717, 1.165) is 20.1 Å². The highest BCUT2D eigenvalue weighted by atomic mass is 79.9. The molecule has 0 N–H and O–H groups in total. The molecular formula is C22H12Br2Cl3NO. The number of nitrogens with zero attached hydrogens (tertiary/aromatic N) is 1. The second-order valence-corrected chi connectivity index (χ2v) is 8.92. The van der Waals surface area contributed by atoms with Crippen LogP contribution in [-0.4, -0.2) is 0 Å². The van der Waals surface area contributed by atoms with Crippen molar-refractivity contribution in [3.63, 3.8) is 0 Å². The molecule has 0 radical (unpaired) electrons. The molecule has 0 atom stereocenters. The van der Waals surface area contributed by atoms with Crippen molar-refractivity contribution in [1.29, 1.82) is 5.26 Å². The van der Waals surface area contributed by atoms with E-state index in [4.69, 9.17) is 39.5 Å². The maximum Gasteiger partial charge on any atom is 0.148 e. The Morgan fingerprint density at radius 1 is 0.931 bits per heavy atom. The van der Waals surface area contributed by atoms with Crippen LogP contribution in [0.5, 0.6) is 5.75 Å². The highest BCUT2D eigenvalue weighted by Crippen LogP contribution is 2.37. The molecule has 0 amide bonds. The van der Waals surface area contributed by atoms with Gasteiger partial charge in [-0.3, -0.25) is 0 Å². The second-order valence-electron chi connectivity index (χ2n) is 5.99. The fourth-order valence-electron chi connectivity index (χ4n) is 2.58. The lowest BCUT2D eigenvalue weighted by Crippen LogP contribution is -1.98. The first-order chi connectivity index (χ1) is 13.9. The third-order valence-electron chi connectivity index (χ3n) is 4.01. The minimum Gasteiger partial charge on any atom is -0.486 e. The van der Waals surface area contributed by atoms with E-state index in [2.05, 4.69) is 37.9 Å². The highest BCUT2D eigenvalue weighted by Gasteiger charge is 2.11. The van der Waals surface area contributed by atoms with Gasteiger partial charge in [0.2, 0.25) is 0 Å². The van der Waals surface area contributed by atoms with Crippen molar-refractivity contribution in [3.8, 4) is 11.8 Å². The zero-order chi connectivity index (χ0) is 21.0. The smallest absolute Gasteiger partial charge is 0.148 e. The van der Waals surface area contributed by atoms with Gasteiger partial charge in [0.25, 0.3) is 0 Å². The number of rotatable bonds is 5. The van der Waals surface area contributed by atoms with Gasteiger partial charge in [0.15, 0.2) is 0 Å². The molecule has 0 saturated carbocycles. The van der Waals surface area contributed by atoms with Crippen molar-refractivity contribution in [2.75, 3.05) is 0 Å². The number of hydrogen-bond acceptors (Lipinski definition) is 2. The quantitative estimate of drug-likeness (QED) is 0.226. The standard InChI is InChI=1S/C22H12Br2Cl3NO/c23-17-8-13(7-16(11-28)14-5-6-20(26)21(27)10-14)9-18(24)22(17)29-12-15-3-1-2-4-19(15)25/h1-10H,12H2/b16-7-. The minimum absolute atomic E-state index is 0.332. The summed E-state index contributed by atoms with van der Waals surface area (Å²) >= 11 is 25.3. The van der Waals surface area contributed by atoms with Gasteiger partial charge in [-0.1, -0.05) is 59.1 Å². The number of hydrogen-bond donors (Lipinski definition) is 0. The van der Waals surface area contributed by atoms with E-state index in [-0.39, 0.29) is 0 Å². The van der Waals surface area contributed by atoms with Crippen LogP contribution in [0, 0.1) is 11.3 Å². The molecule has 0 saturated heterocycles. The van der Waals surface area contributed by atoms with Crippen LogP contribution in [0.15, 0.2) is 63.5 Å². The molecule has 0 aliphatic rings. The normalized spacial score (nSPS) is 11.2. The van der Waals surface area contributed by atoms with Gasteiger partial charge in [-0.15, -0.1) is 0 Å². The lowest BCUT2D eigenvalue weighted by atomic mass is 10.0. The van der Waals surface area contributed by atoms with Gasteiger partial charge < -0.3 is 4.74 Å². The number of ether oxygens (including phenoxy) is 1. The maximum atomic E-state index is 9.58. The van der Waals surface area contributed by atoms with Crippen LogP contribution in [-0.2, 0) is 6.61 Å². The zero-order valence-corrected chi connectivity index (χ0v) is 20.2. The van der Waals surface area contributed by atoms with Gasteiger partial charge in [-0.05, 0) is 79.4 Å². The minimum atomic E-state index is 0.332. The Kier molecular flexibility index (Phi) is 7.67. The molecule has 29 heavy (non-hydrogen) atoms. The van der Waals surface area contributed by atoms with Crippen LogP contribution < -0.4 is 4.74 Å². The van der Waals surface area contributed by atoms with Crippen molar-refractivity contribution >= 4 is 78.3 Å². The van der Waals surface area contributed by atoms with E-state index < -0.39 is 0 Å². The lowest BCUT2D eigenvalue weighted by molar-refractivity contribution is 0.302. The topological polar surface area (TPSA) is 33.0 Å². The van der Waals surface area contributed by atoms with Gasteiger partial charge in [0.05, 0.1) is 30.6 Å². The molecule has 3 rings (SSSR count). The Morgan fingerprint density at radius 3 is 2.24 bits per heavy atom. The largest absolute Gasteiger partial charge is 0.486 e. The first-order valence-electron chi connectivity index (χ1n) is 8.31. The van der Waals surface area contributed by atoms with Crippen LogP contribution in [0.25, 0.3) is 11.6 Å². The van der Waals surface area contributed by atoms with E-state index in [1.54, 1.807) is 24.3 Å². The summed E-state index contributed by atoms with van der Waals surface area (Å²) in [6.07, 6.45) is 1.77. The first-order valence-corrected chi connectivity index (χ1v) is 11.0. The van der Waals surface area contributed by atoms with Gasteiger partial charge >= 0.3 is 0 Å². The van der Waals surface area contributed by atoms with Crippen molar-refractivity contribution < 1.29 is 4.74 Å². The Hall–Kier alpha value is -1.48. The predicted molar refractivity (Wildman–Crippen MR) is 128 cm³/mol. The van der Waals surface area contributed by atoms with Crippen LogP contribution >= 0.6 is 66.7 Å². The maximum absolute atomic E-state index is 9.58. The molecule has 7 heteroatoms. The van der Waals surface area contributed by atoms with E-state index >= 15 is 0 Å². The third kappa shape index (κ3) is 5.57. The second kappa shape index (κ2) is 10.0. The Labute approximate surface area is 200 Å². The van der Waals surface area contributed by atoms with Crippen LogP contribution in [0.1, 0.15) is 16.7 Å². The third-order valence-corrected chi connectivity index (χ3v) is 6.30. The molecule has 0 aromatic heterocycles. The predicted octanol–water partition coefficient (Wildman–Crippen LogP) is 8.81. The monoisotopic (exact) mass is 569 g/mol. The summed E-state index contributed by atoms with van der Waals surface area (Å²) in [5, 5.41) is 11.1. The van der Waals surface area contributed by atoms with Crippen molar-refractivity contribution in [3.05, 3.63) is 95.3 Å². The number of nitriles is 1. The fraction of sp³-hybridized carbons (Fsp3) is 0.0455. The molecule has 0 heterocycles. The molecule has 3 aromatic carbocycles. The summed E-state index contributed by atoms with van der Waals surface area (Å²) in [5.41, 5.74) is 2.86. The summed E-state index contributed by atoms with van der Waals surface area (Å²) in [7, 11) is 0. The van der Waals surface area contributed by atoms with Gasteiger partial charge in [-0.2, -0.15) is 5.26 Å². The highest BCUT2D eigenvalue weighted by molar-refractivity contribution is 9.11. The summed E-state index contributed by atoms with van der Waals surface area (Å²) < 4.78 is 7.43. The molecule has 3 aromatic rings. The van der Waals surface area contributed by atoms with Gasteiger partial charge in [-0.25, -0.2) is 0 Å². The first kappa shape index (κ1) is 22.2. The Bertz CT molecular complexity index is 1120. The van der Waals surface area contributed by atoms with Crippen molar-refractivity contribution in [1.82, 2.24) is 0 Å². The molecule has 0 aliphatic heterocycles. The van der Waals surface area contributed by atoms with Crippen LogP contribution in [0.4, 0.5) is 0 Å². The fourth-order valence-corrected chi connectivity index (χ4v) is 4.52. The lowest BCUT2D eigenvalue weighted by Gasteiger charge is -2.12. The van der Waals surface area contributed by atoms with E-state index in [1.807, 2.05) is 36.4 Å². The zero-order valence-electron chi connectivity index (χ0n) is 14.7. The van der Waals surface area contributed by atoms with E-state index in [1.165, 1.54) is 0 Å². The van der Waals surface area contributed by atoms with Crippen LogP contribution in [0.3, 0.4) is 0 Å². The number of halogens is 5. The van der Waals surface area contributed by atoms with Crippen molar-refractivity contribution in [2.45, 2.75) is 6.61 Å². The molecule has 0 unspecified atom stereocenters. The number of allylic oxidation sites excluding steroid dienone is 1. The molecule has 0 spiro atoms. The van der Waals surface area contributed by atoms with E-state index in [0.29, 0.717) is 38.6 Å². The SMILES string of the molecule is N#C/C(=C/c1cc(Br)c(OCc2ccccc2Cl)c(Br)c1)c1ccc(Cl)c(Cl)c1. The van der Waals surface area contributed by atoms with E-state index in [9.17, 15) is 5.26 Å². The average Bonchev–Trinajstić information content (AvgIpc) is 2.69. The summed E-state index contributed by atoms with van der Waals surface area (Å²) in [5.74, 6) is 0.648. The summed E-state index contributed by atoms with van der Waals surface area (Å²) in [6, 6.07) is 18.6. The average molecular weight is 573 g/mol. The molecule has 146 valence electrons. The van der Waals surface area contributed by atoms with Gasteiger partial charge in [0, 0.05) is 10.6 Å². The molecule has 0 bridgehead atoms. The Balaban J connectivity index is 1.88. The molecule has 0 fully saturated rings. The summed E-state index contributed by atoms with van der Waals surface area (Å²) in [6.45, 7) is 0.332. The van der Waals surface area contributed by atoms with Gasteiger partial charge in [0.1, 0.15) is 12.4 Å². The number of benzene rings is 3. The molecule has 2 nitrogen and oxygen atoms in total. The molecular weight excluding hydrogens is 560 g/mol.